The maximum absolute atomic E-state index is 15.8. The van der Waals surface area contributed by atoms with Crippen LogP contribution in [0.15, 0.2) is 11.0 Å². The van der Waals surface area contributed by atoms with Gasteiger partial charge in [-0.1, -0.05) is 0 Å². The molecule has 0 spiro atoms. The number of nitrogen functional groups attached to an aromatic ring is 1. The van der Waals surface area contributed by atoms with Gasteiger partial charge in [0.1, 0.15) is 11.3 Å². The van der Waals surface area contributed by atoms with Crippen molar-refractivity contribution in [2.75, 3.05) is 37.8 Å². The number of benzene rings is 1. The molecular formula is C21H26F2N4O3. The lowest BCUT2D eigenvalue weighted by Crippen LogP contribution is -2.34. The fraction of sp³-hybridized carbons (Fsp3) is 0.524. The minimum Gasteiger partial charge on any atom is -0.477 e. The van der Waals surface area contributed by atoms with Gasteiger partial charge in [0.25, 0.3) is 0 Å². The Bertz CT molecular complexity index is 1090. The van der Waals surface area contributed by atoms with Gasteiger partial charge >= 0.3 is 5.97 Å². The molecule has 2 atom stereocenters. The van der Waals surface area contributed by atoms with Crippen LogP contribution in [0.4, 0.5) is 20.2 Å². The van der Waals surface area contributed by atoms with Crippen LogP contribution in [0.5, 0.6) is 0 Å². The molecule has 1 saturated carbocycles. The molecule has 2 aromatic rings. The van der Waals surface area contributed by atoms with Crippen molar-refractivity contribution in [2.24, 2.45) is 5.92 Å². The Balaban J connectivity index is 1.92. The summed E-state index contributed by atoms with van der Waals surface area (Å²) in [4.78, 5) is 28.0. The number of aromatic nitrogens is 1. The number of nitrogens with zero attached hydrogens (tertiary/aromatic N) is 3. The maximum Gasteiger partial charge on any atom is 0.341 e. The van der Waals surface area contributed by atoms with Gasteiger partial charge in [-0.15, -0.1) is 0 Å². The van der Waals surface area contributed by atoms with Crippen LogP contribution in [0.3, 0.4) is 0 Å². The van der Waals surface area contributed by atoms with Gasteiger partial charge in [0.15, 0.2) is 11.6 Å². The van der Waals surface area contributed by atoms with E-state index in [1.54, 1.807) is 4.90 Å². The summed E-state index contributed by atoms with van der Waals surface area (Å²) in [5, 5.41) is 8.99. The van der Waals surface area contributed by atoms with E-state index in [4.69, 9.17) is 5.73 Å². The second kappa shape index (κ2) is 7.23. The summed E-state index contributed by atoms with van der Waals surface area (Å²) >= 11 is 0. The van der Waals surface area contributed by atoms with Gasteiger partial charge < -0.3 is 25.2 Å². The molecule has 2 heterocycles. The highest BCUT2D eigenvalue weighted by molar-refractivity contribution is 5.99. The van der Waals surface area contributed by atoms with Crippen molar-refractivity contribution in [3.8, 4) is 0 Å². The Hall–Kier alpha value is -2.68. The van der Waals surface area contributed by atoms with E-state index in [0.717, 1.165) is 25.5 Å². The number of hydrogen-bond donors (Lipinski definition) is 2. The Morgan fingerprint density at radius 2 is 1.93 bits per heavy atom. The zero-order valence-corrected chi connectivity index (χ0v) is 17.3. The summed E-state index contributed by atoms with van der Waals surface area (Å²) in [6.07, 6.45) is 3.41. The predicted molar refractivity (Wildman–Crippen MR) is 111 cm³/mol. The number of rotatable bonds is 5. The van der Waals surface area contributed by atoms with Crippen LogP contribution in [-0.4, -0.2) is 53.8 Å². The van der Waals surface area contributed by atoms with E-state index in [0.29, 0.717) is 13.1 Å². The molecular weight excluding hydrogens is 394 g/mol. The highest BCUT2D eigenvalue weighted by atomic mass is 19.1. The van der Waals surface area contributed by atoms with Crippen LogP contribution in [0.1, 0.15) is 42.6 Å². The molecule has 0 amide bonds. The second-order valence-electron chi connectivity index (χ2n) is 8.63. The summed E-state index contributed by atoms with van der Waals surface area (Å²) in [5.41, 5.74) is 3.65. The van der Waals surface area contributed by atoms with Gasteiger partial charge in [0.05, 0.1) is 16.6 Å². The first-order valence-corrected chi connectivity index (χ1v) is 10.1. The number of carbonyl (C=O) groups is 1. The summed E-state index contributed by atoms with van der Waals surface area (Å²) in [6, 6.07) is 0.111. The van der Waals surface area contributed by atoms with E-state index in [1.165, 1.54) is 4.57 Å². The Kier molecular flexibility index (Phi) is 4.96. The number of anilines is 2. The highest BCUT2D eigenvalue weighted by Gasteiger charge is 2.36. The third kappa shape index (κ3) is 3.12. The number of hydrogen-bond acceptors (Lipinski definition) is 5. The zero-order valence-electron chi connectivity index (χ0n) is 17.3. The molecule has 1 aliphatic heterocycles. The molecule has 0 unspecified atom stereocenters. The summed E-state index contributed by atoms with van der Waals surface area (Å²) in [7, 11) is 3.94. The normalized spacial score (nSPS) is 20.3. The monoisotopic (exact) mass is 420 g/mol. The van der Waals surface area contributed by atoms with Gasteiger partial charge in [0, 0.05) is 31.4 Å². The van der Waals surface area contributed by atoms with Crippen LogP contribution in [0.25, 0.3) is 10.9 Å². The molecule has 1 aromatic carbocycles. The Morgan fingerprint density at radius 3 is 2.50 bits per heavy atom. The van der Waals surface area contributed by atoms with E-state index >= 15 is 8.78 Å². The van der Waals surface area contributed by atoms with Crippen LogP contribution in [0.2, 0.25) is 0 Å². The van der Waals surface area contributed by atoms with E-state index < -0.39 is 39.7 Å². The molecule has 2 fully saturated rings. The molecule has 162 valence electrons. The van der Waals surface area contributed by atoms with E-state index in [2.05, 4.69) is 11.8 Å². The lowest BCUT2D eigenvalue weighted by atomic mass is 10.00. The van der Waals surface area contributed by atoms with Crippen molar-refractivity contribution in [1.82, 2.24) is 9.47 Å². The molecule has 30 heavy (non-hydrogen) atoms. The molecule has 9 heteroatoms. The number of carboxylic acids is 1. The van der Waals surface area contributed by atoms with Crippen molar-refractivity contribution >= 4 is 28.2 Å². The van der Waals surface area contributed by atoms with Crippen LogP contribution >= 0.6 is 0 Å². The molecule has 2 aliphatic rings. The summed E-state index contributed by atoms with van der Waals surface area (Å²) in [5.74, 6) is -3.06. The minimum absolute atomic E-state index is 0.106. The number of pyridine rings is 1. The zero-order chi connectivity index (χ0) is 21.9. The van der Waals surface area contributed by atoms with Crippen molar-refractivity contribution in [1.29, 1.82) is 0 Å². The third-order valence-corrected chi connectivity index (χ3v) is 6.57. The average Bonchev–Trinajstić information content (AvgIpc) is 3.42. The molecule has 1 saturated heterocycles. The van der Waals surface area contributed by atoms with Crippen molar-refractivity contribution < 1.29 is 18.7 Å². The topological polar surface area (TPSA) is 91.8 Å². The standard InChI is InChI=1S/C21H26F2N4O3/c1-10(25(2)3)11-6-7-26(8-11)19-15(22)17(24)14-18(16(19)23)27(12-4-5-12)9-13(20(14)28)21(29)30/h9-12H,4-8,24H2,1-3H3,(H,29,30)/t10-,11+/m1/s1. The molecule has 0 bridgehead atoms. The molecule has 1 aromatic heterocycles. The van der Waals surface area contributed by atoms with E-state index in [-0.39, 0.29) is 29.2 Å². The molecule has 1 aliphatic carbocycles. The van der Waals surface area contributed by atoms with Crippen molar-refractivity contribution in [2.45, 2.75) is 38.3 Å². The third-order valence-electron chi connectivity index (χ3n) is 6.57. The van der Waals surface area contributed by atoms with Gasteiger partial charge in [-0.2, -0.15) is 0 Å². The Labute approximate surface area is 172 Å². The number of halogens is 2. The second-order valence-corrected chi connectivity index (χ2v) is 8.63. The molecule has 0 radical (unpaired) electrons. The smallest absolute Gasteiger partial charge is 0.341 e. The summed E-state index contributed by atoms with van der Waals surface area (Å²) < 4.78 is 32.5. The van der Waals surface area contributed by atoms with Crippen LogP contribution in [0, 0.1) is 17.6 Å². The first-order valence-electron chi connectivity index (χ1n) is 10.1. The highest BCUT2D eigenvalue weighted by Crippen LogP contribution is 2.42. The average molecular weight is 420 g/mol. The predicted octanol–water partition coefficient (Wildman–Crippen LogP) is 2.67. The lowest BCUT2D eigenvalue weighted by Gasteiger charge is -2.27. The van der Waals surface area contributed by atoms with Gasteiger partial charge in [-0.25, -0.2) is 13.6 Å². The first kappa shape index (κ1) is 20.6. The number of carboxylic acid groups (broad SMARTS) is 1. The number of nitrogens with two attached hydrogens (primary N) is 1. The fourth-order valence-electron chi connectivity index (χ4n) is 4.43. The molecule has 7 nitrogen and oxygen atoms in total. The van der Waals surface area contributed by atoms with Gasteiger partial charge in [-0.3, -0.25) is 4.79 Å². The van der Waals surface area contributed by atoms with Crippen molar-refractivity contribution in [3.05, 3.63) is 33.6 Å². The van der Waals surface area contributed by atoms with E-state index in [9.17, 15) is 14.7 Å². The molecule has 4 rings (SSSR count). The lowest BCUT2D eigenvalue weighted by molar-refractivity contribution is 0.0695. The molecule has 3 N–H and O–H groups in total. The largest absolute Gasteiger partial charge is 0.477 e. The quantitative estimate of drug-likeness (QED) is 0.723. The summed E-state index contributed by atoms with van der Waals surface area (Å²) in [6.45, 7) is 3.02. The SMILES string of the molecule is C[C@H]([C@H]1CCN(c2c(F)c(N)c3c(=O)c(C(=O)O)cn(C4CC4)c3c2F)C1)N(C)C. The van der Waals surface area contributed by atoms with Gasteiger partial charge in [-0.05, 0) is 46.2 Å². The maximum atomic E-state index is 15.8. The van der Waals surface area contributed by atoms with Gasteiger partial charge in [0.2, 0.25) is 5.43 Å². The first-order chi connectivity index (χ1) is 14.1. The minimum atomic E-state index is -1.44. The number of fused-ring (bicyclic) bond motifs is 1. The van der Waals surface area contributed by atoms with Crippen LogP contribution < -0.4 is 16.1 Å². The van der Waals surface area contributed by atoms with Crippen molar-refractivity contribution in [3.63, 3.8) is 0 Å². The number of aromatic carboxylic acids is 1. The fourth-order valence-corrected chi connectivity index (χ4v) is 4.43. The van der Waals surface area contributed by atoms with Crippen LogP contribution in [-0.2, 0) is 0 Å². The Morgan fingerprint density at radius 1 is 1.27 bits per heavy atom. The van der Waals surface area contributed by atoms with E-state index in [1.807, 2.05) is 14.1 Å².